The summed E-state index contributed by atoms with van der Waals surface area (Å²) < 4.78 is 0. The van der Waals surface area contributed by atoms with Gasteiger partial charge in [-0.3, -0.25) is 4.79 Å². The van der Waals surface area contributed by atoms with Crippen LogP contribution in [0.5, 0.6) is 0 Å². The van der Waals surface area contributed by atoms with Gasteiger partial charge in [-0.2, -0.15) is 0 Å². The third-order valence-corrected chi connectivity index (χ3v) is 2.32. The van der Waals surface area contributed by atoms with Crippen molar-refractivity contribution in [2.45, 2.75) is 25.1 Å². The molecule has 3 atom stereocenters. The lowest BCUT2D eigenvalue weighted by Crippen LogP contribution is -2.12. The second-order valence-electron chi connectivity index (χ2n) is 2.84. The molecule has 0 aromatic heterocycles. The molecule has 2 heteroatoms. The van der Waals surface area contributed by atoms with Crippen LogP contribution in [0.4, 0.5) is 0 Å². The highest BCUT2D eigenvalue weighted by molar-refractivity contribution is 9.10. The fourth-order valence-electron chi connectivity index (χ4n) is 1.01. The fraction of sp³-hybridized carbons (Fsp3) is 0.857. The van der Waals surface area contributed by atoms with E-state index in [1.165, 1.54) is 0 Å². The molecule has 0 spiro atoms. The Morgan fingerprint density at radius 1 is 1.78 bits per heavy atom. The number of carbonyl (C=O) groups is 1. The molecule has 0 aromatic carbocycles. The van der Waals surface area contributed by atoms with Crippen LogP contribution in [-0.2, 0) is 4.79 Å². The van der Waals surface area contributed by atoms with Gasteiger partial charge >= 0.3 is 0 Å². The highest BCUT2D eigenvalue weighted by Crippen LogP contribution is 2.39. The van der Waals surface area contributed by atoms with Gasteiger partial charge in [-0.1, -0.05) is 22.9 Å². The Morgan fingerprint density at radius 2 is 2.22 bits per heavy atom. The fourth-order valence-corrected chi connectivity index (χ4v) is 1.35. The number of hydrogen-bond acceptors (Lipinski definition) is 1. The van der Waals surface area contributed by atoms with Gasteiger partial charge in [-0.25, -0.2) is 0 Å². The van der Waals surface area contributed by atoms with Crippen molar-refractivity contribution in [3.05, 3.63) is 0 Å². The van der Waals surface area contributed by atoms with Crippen molar-refractivity contribution in [3.63, 3.8) is 0 Å². The van der Waals surface area contributed by atoms with Crippen molar-refractivity contribution < 1.29 is 4.79 Å². The van der Waals surface area contributed by atoms with E-state index in [2.05, 4.69) is 22.9 Å². The molecule has 1 saturated carbocycles. The maximum absolute atomic E-state index is 11.1. The summed E-state index contributed by atoms with van der Waals surface area (Å²) in [7, 11) is 0. The van der Waals surface area contributed by atoms with Gasteiger partial charge < -0.3 is 0 Å². The molecular formula is C7H11BrO. The molecule has 0 radical (unpaired) electrons. The Labute approximate surface area is 64.0 Å². The van der Waals surface area contributed by atoms with E-state index in [0.29, 0.717) is 17.6 Å². The molecule has 0 N–H and O–H groups in total. The van der Waals surface area contributed by atoms with Gasteiger partial charge in [0.1, 0.15) is 5.78 Å². The first kappa shape index (κ1) is 7.26. The van der Waals surface area contributed by atoms with Gasteiger partial charge in [0.15, 0.2) is 0 Å². The molecule has 1 rings (SSSR count). The molecule has 0 heterocycles. The lowest BCUT2D eigenvalue weighted by molar-refractivity contribution is -0.119. The molecule has 1 fully saturated rings. The predicted octanol–water partition coefficient (Wildman–Crippen LogP) is 1.99. The van der Waals surface area contributed by atoms with Gasteiger partial charge in [0, 0.05) is 5.92 Å². The Morgan fingerprint density at radius 3 is 2.33 bits per heavy atom. The van der Waals surface area contributed by atoms with Gasteiger partial charge in [0.25, 0.3) is 0 Å². The van der Waals surface area contributed by atoms with E-state index in [0.717, 1.165) is 6.42 Å². The van der Waals surface area contributed by atoms with E-state index in [-0.39, 0.29) is 4.83 Å². The second kappa shape index (κ2) is 2.41. The Hall–Kier alpha value is 0.150. The van der Waals surface area contributed by atoms with E-state index >= 15 is 0 Å². The van der Waals surface area contributed by atoms with Crippen LogP contribution in [0.15, 0.2) is 0 Å². The highest BCUT2D eigenvalue weighted by Gasteiger charge is 2.39. The minimum Gasteiger partial charge on any atom is -0.298 e. The van der Waals surface area contributed by atoms with Crippen LogP contribution in [0.1, 0.15) is 20.3 Å². The third kappa shape index (κ3) is 1.54. The lowest BCUT2D eigenvalue weighted by atomic mass is 10.2. The van der Waals surface area contributed by atoms with Crippen molar-refractivity contribution in [1.82, 2.24) is 0 Å². The zero-order chi connectivity index (χ0) is 7.02. The van der Waals surface area contributed by atoms with Crippen LogP contribution in [0.2, 0.25) is 0 Å². The van der Waals surface area contributed by atoms with Crippen molar-refractivity contribution in [2.24, 2.45) is 11.8 Å². The first-order valence-electron chi connectivity index (χ1n) is 3.30. The summed E-state index contributed by atoms with van der Waals surface area (Å²) in [5.74, 6) is 1.40. The Kier molecular flexibility index (Phi) is 1.94. The van der Waals surface area contributed by atoms with Crippen molar-refractivity contribution in [3.8, 4) is 0 Å². The van der Waals surface area contributed by atoms with E-state index in [1.54, 1.807) is 0 Å². The first-order chi connectivity index (χ1) is 4.13. The van der Waals surface area contributed by atoms with Crippen LogP contribution in [0.3, 0.4) is 0 Å². The number of halogens is 1. The summed E-state index contributed by atoms with van der Waals surface area (Å²) in [5, 5.41) is 0. The molecule has 1 aliphatic carbocycles. The molecule has 0 amide bonds. The predicted molar refractivity (Wildman–Crippen MR) is 40.7 cm³/mol. The highest BCUT2D eigenvalue weighted by atomic mass is 79.9. The Balaban J connectivity index is 2.36. The summed E-state index contributed by atoms with van der Waals surface area (Å²) in [6.45, 7) is 4.02. The summed E-state index contributed by atoms with van der Waals surface area (Å²) in [4.78, 5) is 11.1. The standard InChI is InChI=1S/C7H11BrO/c1-4-3-6(4)7(9)5(2)8/h4-6H,3H2,1-2H3/t4-,5?,6-/m1/s1. The largest absolute Gasteiger partial charge is 0.298 e. The molecule has 0 aliphatic heterocycles. The normalized spacial score (nSPS) is 35.9. The number of alkyl halides is 1. The smallest absolute Gasteiger partial charge is 0.149 e. The van der Waals surface area contributed by atoms with Crippen molar-refractivity contribution >= 4 is 21.7 Å². The topological polar surface area (TPSA) is 17.1 Å². The molecule has 52 valence electrons. The van der Waals surface area contributed by atoms with Crippen LogP contribution in [0, 0.1) is 11.8 Å². The average molecular weight is 191 g/mol. The molecule has 1 unspecified atom stereocenters. The molecule has 0 saturated heterocycles. The quantitative estimate of drug-likeness (QED) is 0.610. The Bertz CT molecular complexity index is 131. The second-order valence-corrected chi connectivity index (χ2v) is 4.21. The number of hydrogen-bond donors (Lipinski definition) is 0. The maximum atomic E-state index is 11.1. The monoisotopic (exact) mass is 190 g/mol. The maximum Gasteiger partial charge on any atom is 0.149 e. The summed E-state index contributed by atoms with van der Waals surface area (Å²) in [6, 6.07) is 0. The van der Waals surface area contributed by atoms with E-state index < -0.39 is 0 Å². The van der Waals surface area contributed by atoms with Crippen LogP contribution < -0.4 is 0 Å². The SMILES string of the molecule is CC(Br)C(=O)[C@@H]1C[C@H]1C. The van der Waals surface area contributed by atoms with Crippen LogP contribution in [-0.4, -0.2) is 10.6 Å². The molecule has 0 aromatic rings. The summed E-state index contributed by atoms with van der Waals surface area (Å²) >= 11 is 3.26. The third-order valence-electron chi connectivity index (χ3n) is 1.87. The number of carbonyl (C=O) groups excluding carboxylic acids is 1. The van der Waals surface area contributed by atoms with Gasteiger partial charge in [-0.05, 0) is 19.3 Å². The summed E-state index contributed by atoms with van der Waals surface area (Å²) in [6.07, 6.45) is 1.11. The van der Waals surface area contributed by atoms with E-state index in [4.69, 9.17) is 0 Å². The minimum absolute atomic E-state index is 0.0625. The summed E-state index contributed by atoms with van der Waals surface area (Å²) in [5.41, 5.74) is 0. The molecule has 1 aliphatic rings. The lowest BCUT2D eigenvalue weighted by Gasteiger charge is -1.97. The van der Waals surface area contributed by atoms with Crippen molar-refractivity contribution in [1.29, 1.82) is 0 Å². The number of Topliss-reactive ketones (excluding diaryl/α,β-unsaturated/α-hetero) is 1. The van der Waals surface area contributed by atoms with E-state index in [9.17, 15) is 4.79 Å². The van der Waals surface area contributed by atoms with Gasteiger partial charge in [-0.15, -0.1) is 0 Å². The molecule has 1 nitrogen and oxygen atoms in total. The molecule has 0 bridgehead atoms. The van der Waals surface area contributed by atoms with Gasteiger partial charge in [0.05, 0.1) is 4.83 Å². The number of rotatable bonds is 2. The van der Waals surface area contributed by atoms with Crippen LogP contribution >= 0.6 is 15.9 Å². The van der Waals surface area contributed by atoms with Crippen LogP contribution in [0.25, 0.3) is 0 Å². The minimum atomic E-state index is 0.0625. The van der Waals surface area contributed by atoms with E-state index in [1.807, 2.05) is 6.92 Å². The molecule has 9 heavy (non-hydrogen) atoms. The zero-order valence-corrected chi connectivity index (χ0v) is 7.31. The van der Waals surface area contributed by atoms with Crippen molar-refractivity contribution in [2.75, 3.05) is 0 Å². The van der Waals surface area contributed by atoms with Gasteiger partial charge in [0.2, 0.25) is 0 Å². The zero-order valence-electron chi connectivity index (χ0n) is 5.73. The number of ketones is 1. The first-order valence-corrected chi connectivity index (χ1v) is 4.22. The average Bonchev–Trinajstić information content (AvgIpc) is 2.44. The molecular weight excluding hydrogens is 180 g/mol.